The molecule has 2 heterocycles. The van der Waals surface area contributed by atoms with Gasteiger partial charge in [0.1, 0.15) is 5.82 Å². The second-order valence-corrected chi connectivity index (χ2v) is 4.87. The Labute approximate surface area is 112 Å². The van der Waals surface area contributed by atoms with Gasteiger partial charge in [0.15, 0.2) is 0 Å². The minimum absolute atomic E-state index is 0.538. The summed E-state index contributed by atoms with van der Waals surface area (Å²) in [6, 6.07) is 7.42. The van der Waals surface area contributed by atoms with E-state index in [2.05, 4.69) is 14.5 Å². The number of nitrogens with zero attached hydrogens (tertiary/aromatic N) is 3. The number of benzene rings is 1. The number of fused-ring (bicyclic) bond motifs is 1. The van der Waals surface area contributed by atoms with Crippen molar-refractivity contribution in [3.8, 4) is 0 Å². The number of hydrogen-bond donors (Lipinski definition) is 2. The van der Waals surface area contributed by atoms with E-state index in [1.165, 1.54) is 0 Å². The molecule has 0 atom stereocenters. The van der Waals surface area contributed by atoms with Gasteiger partial charge in [0.25, 0.3) is 0 Å². The molecule has 6 heteroatoms. The van der Waals surface area contributed by atoms with Crippen LogP contribution in [-0.4, -0.2) is 38.2 Å². The van der Waals surface area contributed by atoms with Gasteiger partial charge in [-0.15, -0.1) is 0 Å². The molecule has 1 aromatic carbocycles. The first-order valence-electron chi connectivity index (χ1n) is 6.40. The van der Waals surface area contributed by atoms with Crippen LogP contribution in [0.1, 0.15) is 11.4 Å². The van der Waals surface area contributed by atoms with Gasteiger partial charge in [-0.2, -0.15) is 0 Å². The molecule has 98 valence electrons. The van der Waals surface area contributed by atoms with Gasteiger partial charge < -0.3 is 14.6 Å². The van der Waals surface area contributed by atoms with Gasteiger partial charge >= 0.3 is 7.12 Å². The summed E-state index contributed by atoms with van der Waals surface area (Å²) in [5, 5.41) is 18.4. The lowest BCUT2D eigenvalue weighted by atomic mass is 9.79. The first-order chi connectivity index (χ1) is 9.22. The van der Waals surface area contributed by atoms with Gasteiger partial charge in [0.05, 0.1) is 6.54 Å². The molecule has 1 aromatic heterocycles. The Morgan fingerprint density at radius 1 is 1.26 bits per heavy atom. The van der Waals surface area contributed by atoms with Crippen molar-refractivity contribution in [2.75, 3.05) is 6.54 Å². The minimum atomic E-state index is -1.40. The maximum atomic E-state index is 9.19. The molecule has 1 aliphatic heterocycles. The summed E-state index contributed by atoms with van der Waals surface area (Å²) in [5.41, 5.74) is 1.63. The Morgan fingerprint density at radius 3 is 3.00 bits per heavy atom. The molecule has 2 N–H and O–H groups in total. The average Bonchev–Trinajstić information content (AvgIpc) is 2.86. The minimum Gasteiger partial charge on any atom is -0.423 e. The van der Waals surface area contributed by atoms with Crippen LogP contribution in [0, 0.1) is 0 Å². The highest BCUT2D eigenvalue weighted by atomic mass is 16.4. The summed E-state index contributed by atoms with van der Waals surface area (Å²) < 4.78 is 2.17. The first kappa shape index (κ1) is 12.4. The molecule has 0 bridgehead atoms. The van der Waals surface area contributed by atoms with Crippen molar-refractivity contribution in [1.82, 2.24) is 14.5 Å². The van der Waals surface area contributed by atoms with Crippen LogP contribution in [0.25, 0.3) is 0 Å². The van der Waals surface area contributed by atoms with Crippen LogP contribution < -0.4 is 5.46 Å². The molecule has 2 aromatic rings. The Balaban J connectivity index is 1.71. The quantitative estimate of drug-likeness (QED) is 0.733. The van der Waals surface area contributed by atoms with Crippen LogP contribution >= 0.6 is 0 Å². The summed E-state index contributed by atoms with van der Waals surface area (Å²) in [6.07, 6.45) is 3.84. The van der Waals surface area contributed by atoms with Gasteiger partial charge in [-0.3, -0.25) is 4.90 Å². The monoisotopic (exact) mass is 257 g/mol. The Hall–Kier alpha value is -1.63. The highest BCUT2D eigenvalue weighted by Gasteiger charge is 2.17. The number of hydrogen-bond acceptors (Lipinski definition) is 4. The van der Waals surface area contributed by atoms with Crippen LogP contribution in [0.3, 0.4) is 0 Å². The summed E-state index contributed by atoms with van der Waals surface area (Å²) in [4.78, 5) is 6.65. The molecule has 1 aliphatic rings. The number of imidazole rings is 1. The zero-order valence-electron chi connectivity index (χ0n) is 10.6. The van der Waals surface area contributed by atoms with Gasteiger partial charge in [0, 0.05) is 32.0 Å². The maximum Gasteiger partial charge on any atom is 0.488 e. The molecule has 0 aliphatic carbocycles. The summed E-state index contributed by atoms with van der Waals surface area (Å²) in [6.45, 7) is 3.57. The fraction of sp³-hybridized carbons (Fsp3) is 0.308. The van der Waals surface area contributed by atoms with Crippen LogP contribution in [-0.2, 0) is 19.6 Å². The molecule has 0 radical (unpaired) electrons. The normalized spacial score (nSPS) is 15.3. The van der Waals surface area contributed by atoms with E-state index in [1.807, 2.05) is 30.6 Å². The molecular weight excluding hydrogens is 241 g/mol. The SMILES string of the molecule is OB(O)c1cccc(CN2CCn3ccnc3C2)c1. The topological polar surface area (TPSA) is 61.5 Å². The lowest BCUT2D eigenvalue weighted by molar-refractivity contribution is 0.209. The van der Waals surface area contributed by atoms with E-state index in [0.717, 1.165) is 37.6 Å². The van der Waals surface area contributed by atoms with Crippen molar-refractivity contribution in [3.63, 3.8) is 0 Å². The molecule has 0 spiro atoms. The zero-order valence-corrected chi connectivity index (χ0v) is 10.6. The standard InChI is InChI=1S/C13H16BN3O2/c18-14(19)12-3-1-2-11(8-12)9-16-6-7-17-5-4-15-13(17)10-16/h1-5,8,18-19H,6-7,9-10H2. The van der Waals surface area contributed by atoms with Crippen molar-refractivity contribution in [3.05, 3.63) is 48.0 Å². The molecule has 0 amide bonds. The third kappa shape index (κ3) is 2.70. The van der Waals surface area contributed by atoms with Crippen LogP contribution in [0.4, 0.5) is 0 Å². The van der Waals surface area contributed by atoms with E-state index in [-0.39, 0.29) is 0 Å². The van der Waals surface area contributed by atoms with Crippen LogP contribution in [0.5, 0.6) is 0 Å². The van der Waals surface area contributed by atoms with E-state index in [0.29, 0.717) is 5.46 Å². The van der Waals surface area contributed by atoms with Gasteiger partial charge in [-0.05, 0) is 11.0 Å². The van der Waals surface area contributed by atoms with E-state index >= 15 is 0 Å². The van der Waals surface area contributed by atoms with Gasteiger partial charge in [-0.25, -0.2) is 4.98 Å². The largest absolute Gasteiger partial charge is 0.488 e. The molecule has 3 rings (SSSR count). The third-order valence-electron chi connectivity index (χ3n) is 3.48. The molecule has 0 saturated heterocycles. The van der Waals surface area contributed by atoms with E-state index in [9.17, 15) is 10.0 Å². The van der Waals surface area contributed by atoms with E-state index in [1.54, 1.807) is 6.07 Å². The maximum absolute atomic E-state index is 9.19. The molecule has 5 nitrogen and oxygen atoms in total. The molecular formula is C13H16BN3O2. The fourth-order valence-electron chi connectivity index (χ4n) is 2.47. The summed E-state index contributed by atoms with van der Waals surface area (Å²) in [5.74, 6) is 1.09. The van der Waals surface area contributed by atoms with Crippen LogP contribution in [0.2, 0.25) is 0 Å². The Kier molecular flexibility index (Phi) is 3.37. The van der Waals surface area contributed by atoms with Crippen molar-refractivity contribution >= 4 is 12.6 Å². The molecule has 0 saturated carbocycles. The number of rotatable bonds is 3. The summed E-state index contributed by atoms with van der Waals surface area (Å²) in [7, 11) is -1.40. The highest BCUT2D eigenvalue weighted by molar-refractivity contribution is 6.58. The Bertz CT molecular complexity index is 571. The Morgan fingerprint density at radius 2 is 2.16 bits per heavy atom. The van der Waals surface area contributed by atoms with E-state index < -0.39 is 7.12 Å². The van der Waals surface area contributed by atoms with Gasteiger partial charge in [0.2, 0.25) is 0 Å². The molecule has 0 unspecified atom stereocenters. The highest BCUT2D eigenvalue weighted by Crippen LogP contribution is 2.13. The first-order valence-corrected chi connectivity index (χ1v) is 6.40. The van der Waals surface area contributed by atoms with Crippen molar-refractivity contribution in [2.24, 2.45) is 0 Å². The molecule has 0 fully saturated rings. The zero-order chi connectivity index (χ0) is 13.2. The second kappa shape index (κ2) is 5.17. The van der Waals surface area contributed by atoms with E-state index in [4.69, 9.17) is 0 Å². The number of aromatic nitrogens is 2. The molecule has 19 heavy (non-hydrogen) atoms. The van der Waals surface area contributed by atoms with Crippen molar-refractivity contribution in [1.29, 1.82) is 0 Å². The lowest BCUT2D eigenvalue weighted by Gasteiger charge is -2.27. The van der Waals surface area contributed by atoms with Crippen molar-refractivity contribution < 1.29 is 10.0 Å². The summed E-state index contributed by atoms with van der Waals surface area (Å²) >= 11 is 0. The fourth-order valence-corrected chi connectivity index (χ4v) is 2.47. The smallest absolute Gasteiger partial charge is 0.423 e. The second-order valence-electron chi connectivity index (χ2n) is 4.87. The predicted octanol–water partition coefficient (Wildman–Crippen LogP) is -0.421. The van der Waals surface area contributed by atoms with Crippen LogP contribution in [0.15, 0.2) is 36.7 Å². The predicted molar refractivity (Wildman–Crippen MR) is 72.6 cm³/mol. The average molecular weight is 257 g/mol. The third-order valence-corrected chi connectivity index (χ3v) is 3.48. The van der Waals surface area contributed by atoms with Crippen molar-refractivity contribution in [2.45, 2.75) is 19.6 Å². The van der Waals surface area contributed by atoms with Gasteiger partial charge in [-0.1, -0.05) is 24.3 Å². The lowest BCUT2D eigenvalue weighted by Crippen LogP contribution is -2.34.